The number of nitrogens with zero attached hydrogens (tertiary/aromatic N) is 3. The molecule has 31 heavy (non-hydrogen) atoms. The van der Waals surface area contributed by atoms with Gasteiger partial charge in [-0.1, -0.05) is 76.6 Å². The van der Waals surface area contributed by atoms with Crippen LogP contribution in [0.15, 0.2) is 36.7 Å². The molecule has 166 valence electrons. The molecule has 1 fully saturated rings. The van der Waals surface area contributed by atoms with Gasteiger partial charge in [-0.3, -0.25) is 0 Å². The Labute approximate surface area is 189 Å². The summed E-state index contributed by atoms with van der Waals surface area (Å²) in [4.78, 5) is 9.15. The number of hydrogen-bond donors (Lipinski definition) is 0. The van der Waals surface area contributed by atoms with Gasteiger partial charge in [-0.2, -0.15) is 5.26 Å². The monoisotopic (exact) mass is 417 g/mol. The Hall–Kier alpha value is -2.21. The van der Waals surface area contributed by atoms with Crippen LogP contribution in [0, 0.1) is 16.7 Å². The Morgan fingerprint density at radius 1 is 0.903 bits per heavy atom. The van der Waals surface area contributed by atoms with Crippen LogP contribution >= 0.6 is 0 Å². The first-order chi connectivity index (χ1) is 15.2. The fourth-order valence-corrected chi connectivity index (χ4v) is 4.91. The first-order valence-corrected chi connectivity index (χ1v) is 12.5. The van der Waals surface area contributed by atoms with Crippen molar-refractivity contribution >= 4 is 0 Å². The quantitative estimate of drug-likeness (QED) is 0.348. The van der Waals surface area contributed by atoms with E-state index in [0.717, 1.165) is 49.9 Å². The zero-order chi connectivity index (χ0) is 21.9. The van der Waals surface area contributed by atoms with E-state index >= 15 is 0 Å². The van der Waals surface area contributed by atoms with E-state index in [1.54, 1.807) is 0 Å². The lowest BCUT2D eigenvalue weighted by Crippen LogP contribution is -2.25. The van der Waals surface area contributed by atoms with Gasteiger partial charge in [0.05, 0.1) is 11.5 Å². The highest BCUT2D eigenvalue weighted by molar-refractivity contribution is 5.55. The summed E-state index contributed by atoms with van der Waals surface area (Å²) >= 11 is 0. The van der Waals surface area contributed by atoms with Gasteiger partial charge in [0.1, 0.15) is 0 Å². The predicted octanol–water partition coefficient (Wildman–Crippen LogP) is 8.01. The van der Waals surface area contributed by atoms with Crippen LogP contribution in [-0.2, 0) is 6.42 Å². The number of benzene rings is 1. The van der Waals surface area contributed by atoms with E-state index < -0.39 is 0 Å². The molecule has 0 N–H and O–H groups in total. The van der Waals surface area contributed by atoms with Crippen molar-refractivity contribution in [3.8, 4) is 17.5 Å². The van der Waals surface area contributed by atoms with Crippen LogP contribution < -0.4 is 0 Å². The summed E-state index contributed by atoms with van der Waals surface area (Å²) in [6, 6.07) is 11.5. The summed E-state index contributed by atoms with van der Waals surface area (Å²) in [5.41, 5.74) is 3.63. The molecule has 3 rings (SSSR count). The topological polar surface area (TPSA) is 49.6 Å². The molecule has 0 bridgehead atoms. The van der Waals surface area contributed by atoms with Gasteiger partial charge in [0, 0.05) is 18.0 Å². The maximum atomic E-state index is 9.87. The first kappa shape index (κ1) is 23.5. The number of aromatic nitrogens is 2. The van der Waals surface area contributed by atoms with Gasteiger partial charge in [0.25, 0.3) is 0 Å². The molecule has 1 aromatic carbocycles. The Morgan fingerprint density at radius 2 is 1.55 bits per heavy atom. The summed E-state index contributed by atoms with van der Waals surface area (Å²) < 4.78 is 0. The molecule has 0 amide bonds. The van der Waals surface area contributed by atoms with E-state index in [1.807, 2.05) is 12.4 Å². The molecule has 0 atom stereocenters. The van der Waals surface area contributed by atoms with Gasteiger partial charge >= 0.3 is 0 Å². The lowest BCUT2D eigenvalue weighted by atomic mass is 9.67. The lowest BCUT2D eigenvalue weighted by molar-refractivity contribution is 0.223. The molecule has 1 aliphatic carbocycles. The first-order valence-electron chi connectivity index (χ1n) is 12.5. The van der Waals surface area contributed by atoms with Gasteiger partial charge in [-0.05, 0) is 62.0 Å². The van der Waals surface area contributed by atoms with Crippen molar-refractivity contribution in [1.29, 1.82) is 5.26 Å². The molecule has 0 aliphatic heterocycles. The van der Waals surface area contributed by atoms with Crippen molar-refractivity contribution in [3.63, 3.8) is 0 Å². The van der Waals surface area contributed by atoms with Crippen molar-refractivity contribution in [2.45, 2.75) is 103 Å². The van der Waals surface area contributed by atoms with Gasteiger partial charge in [0.15, 0.2) is 5.82 Å². The van der Waals surface area contributed by atoms with Crippen LogP contribution in [0.5, 0.6) is 0 Å². The van der Waals surface area contributed by atoms with Crippen molar-refractivity contribution in [3.05, 3.63) is 47.8 Å². The second kappa shape index (κ2) is 12.0. The molecular weight excluding hydrogens is 378 g/mol. The van der Waals surface area contributed by atoms with Gasteiger partial charge in [0.2, 0.25) is 0 Å². The van der Waals surface area contributed by atoms with Gasteiger partial charge in [-0.15, -0.1) is 0 Å². The molecule has 0 radical (unpaired) electrons. The smallest absolute Gasteiger partial charge is 0.159 e. The standard InChI is InChI=1S/C28H39N3/c1-3-5-7-8-9-17-28(22-29)18-15-25(16-19-28)24-11-13-26(14-12-24)27-30-20-23(21-31-27)10-6-4-2/h11-14,20-21,25H,3-10,15-19H2,1-2H3/t25-,28-. The lowest BCUT2D eigenvalue weighted by Gasteiger charge is -2.35. The Balaban J connectivity index is 1.53. The number of nitriles is 1. The van der Waals surface area contributed by atoms with E-state index in [0.29, 0.717) is 5.92 Å². The van der Waals surface area contributed by atoms with Crippen molar-refractivity contribution in [2.24, 2.45) is 5.41 Å². The second-order valence-electron chi connectivity index (χ2n) is 9.47. The van der Waals surface area contributed by atoms with Gasteiger partial charge < -0.3 is 0 Å². The van der Waals surface area contributed by atoms with Crippen LogP contribution in [0.1, 0.15) is 108 Å². The van der Waals surface area contributed by atoms with E-state index in [4.69, 9.17) is 0 Å². The molecule has 0 unspecified atom stereocenters. The summed E-state index contributed by atoms with van der Waals surface area (Å²) in [7, 11) is 0. The average Bonchev–Trinajstić information content (AvgIpc) is 2.83. The minimum Gasteiger partial charge on any atom is -0.236 e. The SMILES string of the molecule is CCCCCCC[C@]1(C#N)CC[C@H](c2ccc(-c3ncc(CCCC)cn3)cc2)CC1. The fourth-order valence-electron chi connectivity index (χ4n) is 4.91. The van der Waals surface area contributed by atoms with Crippen LogP contribution in [0.4, 0.5) is 0 Å². The van der Waals surface area contributed by atoms with Crippen LogP contribution in [0.25, 0.3) is 11.4 Å². The molecular formula is C28H39N3. The normalized spacial score (nSPS) is 21.0. The molecule has 1 aliphatic rings. The van der Waals surface area contributed by atoms with E-state index in [-0.39, 0.29) is 5.41 Å². The molecule has 0 spiro atoms. The van der Waals surface area contributed by atoms with Crippen LogP contribution in [-0.4, -0.2) is 9.97 Å². The maximum absolute atomic E-state index is 9.87. The molecule has 3 heteroatoms. The predicted molar refractivity (Wildman–Crippen MR) is 129 cm³/mol. The van der Waals surface area contributed by atoms with Crippen molar-refractivity contribution in [1.82, 2.24) is 9.97 Å². The van der Waals surface area contributed by atoms with E-state index in [2.05, 4.69) is 54.2 Å². The fraction of sp³-hybridized carbons (Fsp3) is 0.607. The largest absolute Gasteiger partial charge is 0.236 e. The van der Waals surface area contributed by atoms with Crippen LogP contribution in [0.2, 0.25) is 0 Å². The highest BCUT2D eigenvalue weighted by atomic mass is 14.9. The molecule has 1 aromatic heterocycles. The summed E-state index contributed by atoms with van der Waals surface area (Å²) in [5.74, 6) is 1.38. The zero-order valence-corrected chi connectivity index (χ0v) is 19.6. The Morgan fingerprint density at radius 3 is 2.16 bits per heavy atom. The summed E-state index contributed by atoms with van der Waals surface area (Å²) in [6.07, 6.45) is 19.2. The maximum Gasteiger partial charge on any atom is 0.159 e. The highest BCUT2D eigenvalue weighted by Crippen LogP contribution is 2.45. The number of aryl methyl sites for hydroxylation is 1. The van der Waals surface area contributed by atoms with E-state index in [9.17, 15) is 5.26 Å². The molecule has 3 nitrogen and oxygen atoms in total. The number of hydrogen-bond acceptors (Lipinski definition) is 3. The zero-order valence-electron chi connectivity index (χ0n) is 19.6. The van der Waals surface area contributed by atoms with Crippen molar-refractivity contribution < 1.29 is 0 Å². The second-order valence-corrected chi connectivity index (χ2v) is 9.47. The minimum atomic E-state index is -0.0734. The third kappa shape index (κ3) is 6.63. The third-order valence-electron chi connectivity index (χ3n) is 7.10. The van der Waals surface area contributed by atoms with Gasteiger partial charge in [-0.25, -0.2) is 9.97 Å². The molecule has 0 saturated heterocycles. The number of rotatable bonds is 11. The highest BCUT2D eigenvalue weighted by Gasteiger charge is 2.35. The van der Waals surface area contributed by atoms with E-state index in [1.165, 1.54) is 56.1 Å². The molecule has 1 saturated carbocycles. The summed E-state index contributed by atoms with van der Waals surface area (Å²) in [6.45, 7) is 4.46. The van der Waals surface area contributed by atoms with Crippen molar-refractivity contribution in [2.75, 3.05) is 0 Å². The molecule has 1 heterocycles. The average molecular weight is 418 g/mol. The minimum absolute atomic E-state index is 0.0734. The Kier molecular flexibility index (Phi) is 9.07. The molecule has 2 aromatic rings. The van der Waals surface area contributed by atoms with Crippen LogP contribution in [0.3, 0.4) is 0 Å². The third-order valence-corrected chi connectivity index (χ3v) is 7.10. The summed E-state index contributed by atoms with van der Waals surface area (Å²) in [5, 5.41) is 9.87. The number of unbranched alkanes of at least 4 members (excludes halogenated alkanes) is 5. The Bertz CT molecular complexity index is 809.